The van der Waals surface area contributed by atoms with E-state index in [0.29, 0.717) is 0 Å². The Bertz CT molecular complexity index is 811. The lowest BCUT2D eigenvalue weighted by Crippen LogP contribution is -2.26. The lowest BCUT2D eigenvalue weighted by molar-refractivity contribution is -0.395. The van der Waals surface area contributed by atoms with Gasteiger partial charge >= 0.3 is 0 Å². The number of hydrogen-bond donors (Lipinski definition) is 1. The first-order valence-corrected chi connectivity index (χ1v) is 7.51. The fraction of sp³-hybridized carbons (Fsp3) is 0.235. The van der Waals surface area contributed by atoms with Crippen LogP contribution < -0.4 is 5.32 Å². The van der Waals surface area contributed by atoms with Gasteiger partial charge in [-0.15, -0.1) is 0 Å². The molecule has 2 aromatic rings. The lowest BCUT2D eigenvalue weighted by atomic mass is 10.0. The van der Waals surface area contributed by atoms with Crippen LogP contribution in [0.25, 0.3) is 0 Å². The Morgan fingerprint density at radius 1 is 1.00 bits per heavy atom. The number of carbonyl (C=O) groups is 1. The number of carbonyl (C=O) groups excluding carboxylic acids is 1. The topological polar surface area (TPSA) is 115 Å². The van der Waals surface area contributed by atoms with Gasteiger partial charge in [-0.1, -0.05) is 29.8 Å². The first-order chi connectivity index (χ1) is 11.7. The van der Waals surface area contributed by atoms with Crippen LogP contribution in [0.4, 0.5) is 11.4 Å². The molecule has 1 N–H and O–H groups in total. The third-order valence-corrected chi connectivity index (χ3v) is 3.93. The third kappa shape index (κ3) is 3.97. The molecule has 1 atom stereocenters. The number of nitro groups is 2. The molecule has 130 valence electrons. The number of amides is 1. The SMILES string of the molecule is Cc1ccc(C(C)NC(=O)c2cc([N+](=O)[O-])c(C)c([N+](=O)[O-])c2)cc1. The van der Waals surface area contributed by atoms with Crippen LogP contribution >= 0.6 is 0 Å². The van der Waals surface area contributed by atoms with E-state index in [1.54, 1.807) is 6.92 Å². The van der Waals surface area contributed by atoms with E-state index in [9.17, 15) is 25.0 Å². The quantitative estimate of drug-likeness (QED) is 0.657. The van der Waals surface area contributed by atoms with Gasteiger partial charge in [0.05, 0.1) is 21.5 Å². The molecule has 0 aliphatic heterocycles. The normalized spacial score (nSPS) is 11.6. The van der Waals surface area contributed by atoms with Gasteiger partial charge in [-0.25, -0.2) is 0 Å². The molecule has 0 fully saturated rings. The molecule has 25 heavy (non-hydrogen) atoms. The van der Waals surface area contributed by atoms with Gasteiger partial charge in [0, 0.05) is 12.1 Å². The van der Waals surface area contributed by atoms with Gasteiger partial charge < -0.3 is 5.32 Å². The highest BCUT2D eigenvalue weighted by Gasteiger charge is 2.25. The smallest absolute Gasteiger partial charge is 0.279 e. The summed E-state index contributed by atoms with van der Waals surface area (Å²) in [5.41, 5.74) is 0.813. The number of nitro benzene ring substituents is 2. The summed E-state index contributed by atoms with van der Waals surface area (Å²) in [4.78, 5) is 33.1. The number of benzene rings is 2. The number of aryl methyl sites for hydroxylation is 1. The molecule has 1 unspecified atom stereocenters. The van der Waals surface area contributed by atoms with Crippen molar-refractivity contribution in [3.05, 3.63) is 78.9 Å². The molecule has 0 heterocycles. The fourth-order valence-corrected chi connectivity index (χ4v) is 2.41. The molecule has 0 saturated heterocycles. The van der Waals surface area contributed by atoms with Crippen LogP contribution in [0.2, 0.25) is 0 Å². The number of nitrogens with one attached hydrogen (secondary N) is 1. The van der Waals surface area contributed by atoms with Crippen molar-refractivity contribution >= 4 is 17.3 Å². The number of hydrogen-bond acceptors (Lipinski definition) is 5. The molecule has 0 saturated carbocycles. The Balaban J connectivity index is 2.33. The van der Waals surface area contributed by atoms with E-state index in [1.807, 2.05) is 31.2 Å². The summed E-state index contributed by atoms with van der Waals surface area (Å²) in [6, 6.07) is 9.28. The molecule has 8 heteroatoms. The summed E-state index contributed by atoms with van der Waals surface area (Å²) >= 11 is 0. The molecule has 2 aromatic carbocycles. The second kappa shape index (κ2) is 7.08. The number of nitrogens with zero attached hydrogens (tertiary/aromatic N) is 2. The van der Waals surface area contributed by atoms with Crippen LogP contribution in [0.15, 0.2) is 36.4 Å². The van der Waals surface area contributed by atoms with Crippen LogP contribution in [0.5, 0.6) is 0 Å². The minimum atomic E-state index is -0.734. The van der Waals surface area contributed by atoms with Gasteiger partial charge in [0.25, 0.3) is 17.3 Å². The van der Waals surface area contributed by atoms with E-state index in [0.717, 1.165) is 23.3 Å². The first-order valence-electron chi connectivity index (χ1n) is 7.51. The van der Waals surface area contributed by atoms with Crippen LogP contribution in [-0.2, 0) is 0 Å². The highest BCUT2D eigenvalue weighted by Crippen LogP contribution is 2.29. The molecule has 0 bridgehead atoms. The van der Waals surface area contributed by atoms with Crippen molar-refractivity contribution in [2.45, 2.75) is 26.8 Å². The molecule has 2 rings (SSSR count). The van der Waals surface area contributed by atoms with Crippen molar-refractivity contribution in [1.29, 1.82) is 0 Å². The minimum Gasteiger partial charge on any atom is -0.346 e. The zero-order valence-corrected chi connectivity index (χ0v) is 14.0. The van der Waals surface area contributed by atoms with E-state index < -0.39 is 27.1 Å². The van der Waals surface area contributed by atoms with E-state index in [-0.39, 0.29) is 17.2 Å². The van der Waals surface area contributed by atoms with Gasteiger partial charge in [-0.05, 0) is 26.3 Å². The summed E-state index contributed by atoms with van der Waals surface area (Å²) in [6.45, 7) is 4.99. The van der Waals surface area contributed by atoms with Crippen LogP contribution in [0.1, 0.15) is 40.0 Å². The summed E-state index contributed by atoms with van der Waals surface area (Å²) in [6.07, 6.45) is 0. The fourth-order valence-electron chi connectivity index (χ4n) is 2.41. The molecule has 0 aliphatic rings. The molecule has 0 aliphatic carbocycles. The molecular formula is C17H17N3O5. The average molecular weight is 343 g/mol. The summed E-state index contributed by atoms with van der Waals surface area (Å²) in [5.74, 6) is -0.612. The van der Waals surface area contributed by atoms with Crippen molar-refractivity contribution in [3.63, 3.8) is 0 Å². The predicted octanol–water partition coefficient (Wildman–Crippen LogP) is 3.61. The van der Waals surface area contributed by atoms with Crippen molar-refractivity contribution < 1.29 is 14.6 Å². The van der Waals surface area contributed by atoms with Crippen molar-refractivity contribution in [2.24, 2.45) is 0 Å². The van der Waals surface area contributed by atoms with Gasteiger partial charge in [0.2, 0.25) is 0 Å². The third-order valence-electron chi connectivity index (χ3n) is 3.93. The van der Waals surface area contributed by atoms with Crippen molar-refractivity contribution in [1.82, 2.24) is 5.32 Å². The van der Waals surface area contributed by atoms with Gasteiger partial charge in [0.15, 0.2) is 0 Å². The van der Waals surface area contributed by atoms with E-state index in [4.69, 9.17) is 0 Å². The highest BCUT2D eigenvalue weighted by molar-refractivity contribution is 5.96. The average Bonchev–Trinajstić information content (AvgIpc) is 2.54. The van der Waals surface area contributed by atoms with E-state index in [1.165, 1.54) is 6.92 Å². The Kier molecular flexibility index (Phi) is 5.11. The molecule has 1 amide bonds. The van der Waals surface area contributed by atoms with Crippen LogP contribution in [-0.4, -0.2) is 15.8 Å². The van der Waals surface area contributed by atoms with Crippen LogP contribution in [0, 0.1) is 34.1 Å². The minimum absolute atomic E-state index is 0.0851. The Hall–Kier alpha value is -3.29. The highest BCUT2D eigenvalue weighted by atomic mass is 16.6. The van der Waals surface area contributed by atoms with Crippen LogP contribution in [0.3, 0.4) is 0 Å². The standard InChI is InChI=1S/C17H17N3O5/c1-10-4-6-13(7-5-10)12(3)18-17(21)14-8-15(19(22)23)11(2)16(9-14)20(24)25/h4-9,12H,1-3H3,(H,18,21). The Morgan fingerprint density at radius 3 is 1.92 bits per heavy atom. The summed E-state index contributed by atoms with van der Waals surface area (Å²) in [7, 11) is 0. The van der Waals surface area contributed by atoms with Crippen molar-refractivity contribution in [3.8, 4) is 0 Å². The Morgan fingerprint density at radius 2 is 1.48 bits per heavy atom. The van der Waals surface area contributed by atoms with Gasteiger partial charge in [-0.3, -0.25) is 25.0 Å². The Labute approximate surface area is 143 Å². The lowest BCUT2D eigenvalue weighted by Gasteiger charge is -2.15. The maximum Gasteiger partial charge on any atom is 0.279 e. The number of rotatable bonds is 5. The zero-order chi connectivity index (χ0) is 18.7. The molecule has 0 spiro atoms. The first kappa shape index (κ1) is 18.1. The second-order valence-electron chi connectivity index (χ2n) is 5.76. The molecule has 0 aromatic heterocycles. The van der Waals surface area contributed by atoms with E-state index in [2.05, 4.69) is 5.32 Å². The predicted molar refractivity (Wildman–Crippen MR) is 91.5 cm³/mol. The largest absolute Gasteiger partial charge is 0.346 e. The summed E-state index contributed by atoms with van der Waals surface area (Å²) in [5, 5.41) is 24.9. The monoisotopic (exact) mass is 343 g/mol. The maximum atomic E-state index is 12.4. The second-order valence-corrected chi connectivity index (χ2v) is 5.76. The maximum absolute atomic E-state index is 12.4. The van der Waals surface area contributed by atoms with Gasteiger partial charge in [0.1, 0.15) is 5.56 Å². The summed E-state index contributed by atoms with van der Waals surface area (Å²) < 4.78 is 0. The zero-order valence-electron chi connectivity index (χ0n) is 14.0. The molecule has 8 nitrogen and oxygen atoms in total. The molecule has 0 radical (unpaired) electrons. The van der Waals surface area contributed by atoms with Gasteiger partial charge in [-0.2, -0.15) is 0 Å². The molecular weight excluding hydrogens is 326 g/mol. The van der Waals surface area contributed by atoms with E-state index >= 15 is 0 Å². The van der Waals surface area contributed by atoms with Crippen molar-refractivity contribution in [2.75, 3.05) is 0 Å².